The molecular formula is C18H19N3NaO4S. The van der Waals surface area contributed by atoms with Crippen molar-refractivity contribution in [1.29, 1.82) is 0 Å². The molecule has 7 nitrogen and oxygen atoms in total. The number of pyridine rings is 1. The number of imidazole rings is 1. The molecule has 1 aliphatic heterocycles. The smallest absolute Gasteiger partial charge is 0.322 e. The third kappa shape index (κ3) is 4.83. The van der Waals surface area contributed by atoms with Crippen LogP contribution in [0.3, 0.4) is 0 Å². The van der Waals surface area contributed by atoms with Gasteiger partial charge in [-0.25, -0.2) is 0 Å². The molecule has 0 amide bonds. The van der Waals surface area contributed by atoms with Crippen LogP contribution in [0.15, 0.2) is 41.7 Å². The zero-order valence-electron chi connectivity index (χ0n) is 15.3. The van der Waals surface area contributed by atoms with Crippen molar-refractivity contribution in [3.8, 4) is 5.75 Å². The Balaban J connectivity index is 0.00000210. The number of hydrogen-bond donors (Lipinski definition) is 1. The Morgan fingerprint density at radius 3 is 2.96 bits per heavy atom. The minimum absolute atomic E-state index is 0. The largest absolute Gasteiger partial charge is 0.609 e. The van der Waals surface area contributed by atoms with Gasteiger partial charge in [-0.05, 0) is 25.1 Å². The first-order valence-electron chi connectivity index (χ1n) is 8.30. The molecule has 2 aromatic heterocycles. The van der Waals surface area contributed by atoms with Gasteiger partial charge in [-0.1, -0.05) is 12.1 Å². The van der Waals surface area contributed by atoms with Crippen LogP contribution >= 0.6 is 0 Å². The molecule has 9 heteroatoms. The van der Waals surface area contributed by atoms with E-state index in [-0.39, 0.29) is 41.4 Å². The monoisotopic (exact) mass is 396 g/mol. The molecule has 1 fully saturated rings. The molecule has 4 rings (SSSR count). The maximum absolute atomic E-state index is 12.7. The van der Waals surface area contributed by atoms with Crippen molar-refractivity contribution >= 4 is 51.8 Å². The summed E-state index contributed by atoms with van der Waals surface area (Å²) >= 11 is -1.32. The molecule has 1 saturated heterocycles. The van der Waals surface area contributed by atoms with Crippen LogP contribution in [0, 0.1) is 6.92 Å². The molecule has 3 heterocycles. The van der Waals surface area contributed by atoms with Crippen LogP contribution in [0.25, 0.3) is 11.0 Å². The number of fused-ring (bicyclic) bond motifs is 1. The SMILES string of the molecule is Cc1c(OCC2COCO2)ccnc1C[S+]([O-])c1nc2ccccc2[nH]1.[Na]. The van der Waals surface area contributed by atoms with Gasteiger partial charge in [0.25, 0.3) is 0 Å². The van der Waals surface area contributed by atoms with Crippen LogP contribution in [-0.4, -0.2) is 75.2 Å². The van der Waals surface area contributed by atoms with Gasteiger partial charge in [0, 0.05) is 52.5 Å². The van der Waals surface area contributed by atoms with Gasteiger partial charge in [0.05, 0.1) is 23.3 Å². The van der Waals surface area contributed by atoms with Crippen molar-refractivity contribution in [2.24, 2.45) is 0 Å². The molecule has 0 bridgehead atoms. The summed E-state index contributed by atoms with van der Waals surface area (Å²) in [6, 6.07) is 9.42. The Kier molecular flexibility index (Phi) is 7.16. The Labute approximate surface area is 182 Å². The van der Waals surface area contributed by atoms with Crippen molar-refractivity contribution in [2.45, 2.75) is 23.9 Å². The van der Waals surface area contributed by atoms with Crippen molar-refractivity contribution in [1.82, 2.24) is 15.0 Å². The summed E-state index contributed by atoms with van der Waals surface area (Å²) in [6.07, 6.45) is 1.61. The van der Waals surface area contributed by atoms with Gasteiger partial charge in [0.2, 0.25) is 0 Å². The number of nitrogens with one attached hydrogen (secondary N) is 1. The van der Waals surface area contributed by atoms with Crippen LogP contribution in [0.1, 0.15) is 11.3 Å². The number of benzene rings is 1. The van der Waals surface area contributed by atoms with Gasteiger partial charge in [-0.15, -0.1) is 0 Å². The average Bonchev–Trinajstić information content (AvgIpc) is 3.31. The summed E-state index contributed by atoms with van der Waals surface area (Å²) in [5, 5.41) is 0.454. The summed E-state index contributed by atoms with van der Waals surface area (Å²) < 4.78 is 29.1. The first-order chi connectivity index (χ1) is 12.7. The number of hydrogen-bond acceptors (Lipinski definition) is 6. The van der Waals surface area contributed by atoms with Crippen LogP contribution < -0.4 is 4.74 Å². The van der Waals surface area contributed by atoms with Gasteiger partial charge in [-0.2, -0.15) is 4.98 Å². The fourth-order valence-electron chi connectivity index (χ4n) is 2.74. The third-order valence-corrected chi connectivity index (χ3v) is 5.39. The Bertz CT molecular complexity index is 868. The molecular weight excluding hydrogens is 377 g/mol. The van der Waals surface area contributed by atoms with E-state index in [1.54, 1.807) is 12.3 Å². The van der Waals surface area contributed by atoms with Crippen molar-refractivity contribution in [3.63, 3.8) is 0 Å². The summed E-state index contributed by atoms with van der Waals surface area (Å²) in [6.45, 7) is 3.18. The summed E-state index contributed by atoms with van der Waals surface area (Å²) in [5.41, 5.74) is 3.27. The maximum Gasteiger partial charge on any atom is 0.322 e. The first-order valence-corrected chi connectivity index (χ1v) is 9.62. The van der Waals surface area contributed by atoms with Crippen LogP contribution in [0.4, 0.5) is 0 Å². The molecule has 1 radical (unpaired) electrons. The summed E-state index contributed by atoms with van der Waals surface area (Å²) in [5.74, 6) is 0.985. The second kappa shape index (κ2) is 9.38. The molecule has 2 unspecified atom stereocenters. The van der Waals surface area contributed by atoms with E-state index in [9.17, 15) is 4.55 Å². The Morgan fingerprint density at radius 2 is 2.19 bits per heavy atom. The number of aromatic amines is 1. The van der Waals surface area contributed by atoms with E-state index in [4.69, 9.17) is 14.2 Å². The predicted molar refractivity (Wildman–Crippen MR) is 102 cm³/mol. The zero-order chi connectivity index (χ0) is 17.9. The minimum Gasteiger partial charge on any atom is -0.609 e. The topological polar surface area (TPSA) is 92.3 Å². The number of H-pyrrole nitrogens is 1. The molecule has 1 aromatic carbocycles. The van der Waals surface area contributed by atoms with Gasteiger partial charge < -0.3 is 18.8 Å². The standard InChI is InChI=1S/C18H19N3O4S.Na/c1-12-16(19-7-6-17(12)24-9-13-8-23-11-25-13)10-26(22)18-20-14-4-2-3-5-15(14)21-18;/h2-7,13H,8-11H2,1H3,(H,20,21);. The minimum atomic E-state index is -1.32. The van der Waals surface area contributed by atoms with E-state index in [1.807, 2.05) is 31.2 Å². The van der Waals surface area contributed by atoms with Crippen molar-refractivity contribution in [2.75, 3.05) is 20.0 Å². The van der Waals surface area contributed by atoms with Crippen LogP contribution in [0.5, 0.6) is 5.75 Å². The Hall–Kier alpha value is -1.13. The molecule has 3 aromatic rings. The molecule has 2 atom stereocenters. The number of para-hydroxylation sites is 2. The number of aromatic nitrogens is 3. The van der Waals surface area contributed by atoms with E-state index < -0.39 is 11.2 Å². The van der Waals surface area contributed by atoms with Crippen molar-refractivity contribution < 1.29 is 18.8 Å². The second-order valence-corrected chi connectivity index (χ2v) is 7.38. The Morgan fingerprint density at radius 1 is 1.33 bits per heavy atom. The first kappa shape index (κ1) is 20.6. The molecule has 0 aliphatic carbocycles. The summed E-state index contributed by atoms with van der Waals surface area (Å²) in [7, 11) is 0. The normalized spacial score (nSPS) is 17.6. The van der Waals surface area contributed by atoms with E-state index >= 15 is 0 Å². The van der Waals surface area contributed by atoms with E-state index in [0.29, 0.717) is 30.9 Å². The molecule has 0 spiro atoms. The van der Waals surface area contributed by atoms with Gasteiger partial charge in [0.15, 0.2) is 5.75 Å². The van der Waals surface area contributed by atoms with Gasteiger partial charge in [-0.3, -0.25) is 9.97 Å². The van der Waals surface area contributed by atoms with E-state index in [2.05, 4.69) is 15.0 Å². The third-order valence-electron chi connectivity index (χ3n) is 4.23. The number of ether oxygens (including phenoxy) is 3. The van der Waals surface area contributed by atoms with E-state index in [1.165, 1.54) is 0 Å². The average molecular weight is 396 g/mol. The second-order valence-electron chi connectivity index (χ2n) is 6.02. The number of rotatable bonds is 6. The molecule has 137 valence electrons. The maximum atomic E-state index is 12.7. The summed E-state index contributed by atoms with van der Waals surface area (Å²) in [4.78, 5) is 11.9. The zero-order valence-corrected chi connectivity index (χ0v) is 18.1. The van der Waals surface area contributed by atoms with Crippen molar-refractivity contribution in [3.05, 3.63) is 47.8 Å². The predicted octanol–water partition coefficient (Wildman–Crippen LogP) is 1.95. The molecule has 1 aliphatic rings. The quantitative estimate of drug-likeness (QED) is 0.506. The van der Waals surface area contributed by atoms with E-state index in [0.717, 1.165) is 22.3 Å². The van der Waals surface area contributed by atoms with Crippen LogP contribution in [-0.2, 0) is 26.4 Å². The molecule has 1 N–H and O–H groups in total. The fraction of sp³-hybridized carbons (Fsp3) is 0.333. The molecule has 27 heavy (non-hydrogen) atoms. The van der Waals surface area contributed by atoms with Crippen LogP contribution in [0.2, 0.25) is 0 Å². The van der Waals surface area contributed by atoms with Gasteiger partial charge >= 0.3 is 5.16 Å². The fourth-order valence-corrected chi connectivity index (χ4v) is 3.84. The number of nitrogens with zero attached hydrogens (tertiary/aromatic N) is 2. The van der Waals surface area contributed by atoms with Gasteiger partial charge in [0.1, 0.15) is 25.3 Å². The molecule has 0 saturated carbocycles.